The van der Waals surface area contributed by atoms with Crippen molar-refractivity contribution < 1.29 is 17.7 Å². The molecule has 2 rings (SSSR count). The number of rotatable bonds is 5. The second kappa shape index (κ2) is 5.60. The highest BCUT2D eigenvalue weighted by molar-refractivity contribution is 6.73. The van der Waals surface area contributed by atoms with Gasteiger partial charge in [0, 0.05) is 6.54 Å². The molecule has 0 saturated heterocycles. The summed E-state index contributed by atoms with van der Waals surface area (Å²) in [5, 5.41) is 4.26. The molecule has 3 nitrogen and oxygen atoms in total. The van der Waals surface area contributed by atoms with Gasteiger partial charge >= 0.3 is 6.98 Å². The molecule has 0 spiro atoms. The van der Waals surface area contributed by atoms with E-state index in [9.17, 15) is 12.9 Å². The van der Waals surface area contributed by atoms with Crippen LogP contribution >= 0.6 is 0 Å². The van der Waals surface area contributed by atoms with Crippen molar-refractivity contribution in [3.63, 3.8) is 0 Å². The third-order valence-electron chi connectivity index (χ3n) is 2.91. The van der Waals surface area contributed by atoms with Crippen molar-refractivity contribution in [2.24, 2.45) is 0 Å². The van der Waals surface area contributed by atoms with Gasteiger partial charge in [0.25, 0.3) is 0 Å². The molecule has 108 valence electrons. The molecule has 0 bridgehead atoms. The zero-order valence-corrected chi connectivity index (χ0v) is 11.3. The lowest BCUT2D eigenvalue weighted by Gasteiger charge is -2.16. The van der Waals surface area contributed by atoms with Gasteiger partial charge in [0.2, 0.25) is 0 Å². The van der Waals surface area contributed by atoms with E-state index < -0.39 is 12.4 Å². The van der Waals surface area contributed by atoms with Gasteiger partial charge < -0.3 is 17.7 Å². The molecular weight excluding hydrogens is 268 g/mol. The maximum absolute atomic E-state index is 12.6. The molecule has 1 aromatic carbocycles. The minimum absolute atomic E-state index is 0.197. The van der Waals surface area contributed by atoms with Crippen molar-refractivity contribution in [2.45, 2.75) is 27.0 Å². The summed E-state index contributed by atoms with van der Waals surface area (Å²) in [7, 11) is 0. The Kier molecular flexibility index (Phi) is 4.06. The molecule has 0 unspecified atom stereocenters. The van der Waals surface area contributed by atoms with Crippen LogP contribution in [0.1, 0.15) is 18.3 Å². The number of hydrogen-bond acceptors (Lipinski definition) is 2. The van der Waals surface area contributed by atoms with E-state index >= 15 is 0 Å². The number of aryl methyl sites for hydroxylation is 2. The van der Waals surface area contributed by atoms with Gasteiger partial charge in [-0.1, -0.05) is 12.1 Å². The summed E-state index contributed by atoms with van der Waals surface area (Å²) in [6, 6.07) is 6.81. The standard InChI is InChI=1S/C13H15BF3N2O/c1-3-19-12(7-10(2)18-19)9-20-13-6-4-5-11(8-13)14(15,16)17/h4-8H,3,9H2,1-2H3/q-1. The number of halogens is 3. The Balaban J connectivity index is 2.11. The third-order valence-corrected chi connectivity index (χ3v) is 2.91. The van der Waals surface area contributed by atoms with E-state index in [0.717, 1.165) is 23.5 Å². The van der Waals surface area contributed by atoms with Crippen molar-refractivity contribution >= 4 is 12.4 Å². The average Bonchev–Trinajstić information content (AvgIpc) is 2.76. The van der Waals surface area contributed by atoms with Crippen LogP contribution in [-0.2, 0) is 13.2 Å². The molecule has 0 N–H and O–H groups in total. The Hall–Kier alpha value is -1.92. The van der Waals surface area contributed by atoms with E-state index in [2.05, 4.69) is 5.10 Å². The average molecular weight is 283 g/mol. The van der Waals surface area contributed by atoms with E-state index in [1.165, 1.54) is 12.1 Å². The van der Waals surface area contributed by atoms with E-state index in [1.807, 2.05) is 19.9 Å². The SMILES string of the molecule is CCn1nc(C)cc1COc1cccc([B-](F)(F)F)c1. The minimum atomic E-state index is -5.00. The second-order valence-corrected chi connectivity index (χ2v) is 4.53. The van der Waals surface area contributed by atoms with Crippen molar-refractivity contribution in [1.29, 1.82) is 0 Å². The lowest BCUT2D eigenvalue weighted by molar-refractivity contribution is 0.292. The molecule has 0 atom stereocenters. The van der Waals surface area contributed by atoms with Gasteiger partial charge in [-0.25, -0.2) is 0 Å². The summed E-state index contributed by atoms with van der Waals surface area (Å²) in [6.45, 7) is -0.300. The molecular formula is C13H15BF3N2O-. The van der Waals surface area contributed by atoms with Gasteiger partial charge in [-0.05, 0) is 32.0 Å². The fraction of sp³-hybridized carbons (Fsp3) is 0.308. The molecule has 20 heavy (non-hydrogen) atoms. The van der Waals surface area contributed by atoms with Crippen LogP contribution < -0.4 is 10.2 Å². The summed E-state index contributed by atoms with van der Waals surface area (Å²) < 4.78 is 45.1. The topological polar surface area (TPSA) is 27.1 Å². The van der Waals surface area contributed by atoms with Crippen LogP contribution in [-0.4, -0.2) is 16.8 Å². The monoisotopic (exact) mass is 283 g/mol. The maximum atomic E-state index is 12.6. The van der Waals surface area contributed by atoms with Crippen molar-refractivity contribution in [1.82, 2.24) is 9.78 Å². The Morgan fingerprint density at radius 2 is 2.00 bits per heavy atom. The Labute approximate surface area is 115 Å². The fourth-order valence-corrected chi connectivity index (χ4v) is 1.95. The molecule has 0 aliphatic heterocycles. The highest BCUT2D eigenvalue weighted by atomic mass is 19.4. The van der Waals surface area contributed by atoms with Crippen LogP contribution in [0.15, 0.2) is 30.3 Å². The van der Waals surface area contributed by atoms with Crippen molar-refractivity contribution in [3.05, 3.63) is 41.7 Å². The van der Waals surface area contributed by atoms with Gasteiger partial charge in [-0.3, -0.25) is 4.68 Å². The first kappa shape index (κ1) is 14.5. The van der Waals surface area contributed by atoms with Crippen LogP contribution in [0.5, 0.6) is 5.75 Å². The predicted octanol–water partition coefficient (Wildman–Crippen LogP) is 2.84. The fourth-order valence-electron chi connectivity index (χ4n) is 1.95. The number of ether oxygens (including phenoxy) is 1. The van der Waals surface area contributed by atoms with Gasteiger partial charge in [0.15, 0.2) is 0 Å². The molecule has 0 saturated carbocycles. The van der Waals surface area contributed by atoms with Crippen LogP contribution in [0.3, 0.4) is 0 Å². The first-order valence-corrected chi connectivity index (χ1v) is 6.36. The third kappa shape index (κ3) is 3.34. The van der Waals surface area contributed by atoms with E-state index in [-0.39, 0.29) is 12.4 Å². The highest BCUT2D eigenvalue weighted by Crippen LogP contribution is 2.16. The molecule has 2 aromatic rings. The molecule has 0 fully saturated rings. The van der Waals surface area contributed by atoms with Crippen LogP contribution in [0.4, 0.5) is 12.9 Å². The lowest BCUT2D eigenvalue weighted by Crippen LogP contribution is -2.33. The molecule has 0 aliphatic rings. The van der Waals surface area contributed by atoms with Gasteiger partial charge in [-0.2, -0.15) is 5.10 Å². The Bertz CT molecular complexity index is 596. The first-order chi connectivity index (χ1) is 9.40. The van der Waals surface area contributed by atoms with Crippen LogP contribution in [0.2, 0.25) is 0 Å². The largest absolute Gasteiger partial charge is 0.509 e. The summed E-state index contributed by atoms with van der Waals surface area (Å²) in [4.78, 5) is 0. The maximum Gasteiger partial charge on any atom is 0.509 e. The normalized spacial score (nSPS) is 11.7. The smallest absolute Gasteiger partial charge is 0.487 e. The molecule has 0 amide bonds. The van der Waals surface area contributed by atoms with E-state index in [0.29, 0.717) is 6.54 Å². The Morgan fingerprint density at radius 1 is 1.25 bits per heavy atom. The molecule has 7 heteroatoms. The zero-order valence-electron chi connectivity index (χ0n) is 11.3. The summed E-state index contributed by atoms with van der Waals surface area (Å²) in [6.07, 6.45) is 0. The molecule has 0 aliphatic carbocycles. The predicted molar refractivity (Wildman–Crippen MR) is 72.1 cm³/mol. The van der Waals surface area contributed by atoms with Crippen molar-refractivity contribution in [3.8, 4) is 5.75 Å². The van der Waals surface area contributed by atoms with E-state index in [1.54, 1.807) is 4.68 Å². The number of aromatic nitrogens is 2. The van der Waals surface area contributed by atoms with Gasteiger partial charge in [0.05, 0.1) is 11.4 Å². The lowest BCUT2D eigenvalue weighted by atomic mass is 9.80. The second-order valence-electron chi connectivity index (χ2n) is 4.53. The molecule has 1 aromatic heterocycles. The quantitative estimate of drug-likeness (QED) is 0.789. The Morgan fingerprint density at radius 3 is 2.65 bits per heavy atom. The molecule has 1 heterocycles. The van der Waals surface area contributed by atoms with Crippen LogP contribution in [0.25, 0.3) is 0 Å². The highest BCUT2D eigenvalue weighted by Gasteiger charge is 2.25. The number of nitrogens with zero attached hydrogens (tertiary/aromatic N) is 2. The van der Waals surface area contributed by atoms with Crippen molar-refractivity contribution in [2.75, 3.05) is 0 Å². The van der Waals surface area contributed by atoms with Gasteiger partial charge in [-0.15, -0.1) is 5.46 Å². The summed E-state index contributed by atoms with van der Waals surface area (Å²) >= 11 is 0. The number of hydrogen-bond donors (Lipinski definition) is 0. The summed E-state index contributed by atoms with van der Waals surface area (Å²) in [5.41, 5.74) is 1.05. The zero-order chi connectivity index (χ0) is 14.8. The number of benzene rings is 1. The van der Waals surface area contributed by atoms with E-state index in [4.69, 9.17) is 4.74 Å². The molecule has 0 radical (unpaired) electrons. The van der Waals surface area contributed by atoms with Crippen LogP contribution in [0, 0.1) is 6.92 Å². The first-order valence-electron chi connectivity index (χ1n) is 6.36. The minimum Gasteiger partial charge on any atom is -0.487 e. The summed E-state index contributed by atoms with van der Waals surface area (Å²) in [5.74, 6) is 0.211. The van der Waals surface area contributed by atoms with Gasteiger partial charge in [0.1, 0.15) is 12.4 Å².